The van der Waals surface area contributed by atoms with Crippen LogP contribution in [0.4, 0.5) is 5.95 Å². The predicted molar refractivity (Wildman–Crippen MR) is 175 cm³/mol. The summed E-state index contributed by atoms with van der Waals surface area (Å²) >= 11 is 0. The van der Waals surface area contributed by atoms with Gasteiger partial charge in [-0.1, -0.05) is 60.7 Å². The molecule has 1 saturated heterocycles. The molecule has 6 atom stereocenters. The molecule has 2 aromatic carbocycles. The number of esters is 2. The lowest BCUT2D eigenvalue weighted by molar-refractivity contribution is -0.143. The molecule has 0 amide bonds. The van der Waals surface area contributed by atoms with Gasteiger partial charge in [0.25, 0.3) is 5.56 Å². The highest BCUT2D eigenvalue weighted by atomic mass is 31.2. The number of rotatable bonds is 14. The number of aliphatic hydroxyl groups is 2. The number of aromatic amines is 1. The number of benzene rings is 2. The van der Waals surface area contributed by atoms with E-state index in [0.717, 1.165) is 0 Å². The van der Waals surface area contributed by atoms with Crippen molar-refractivity contribution in [3.8, 4) is 0 Å². The Morgan fingerprint density at radius 3 is 2.08 bits per heavy atom. The van der Waals surface area contributed by atoms with Gasteiger partial charge in [-0.05, 0) is 30.9 Å². The molecule has 17 nitrogen and oxygen atoms in total. The highest BCUT2D eigenvalue weighted by molar-refractivity contribution is 7.54. The van der Waals surface area contributed by atoms with Gasteiger partial charge in [0.05, 0.1) is 27.2 Å². The van der Waals surface area contributed by atoms with Gasteiger partial charge in [0.1, 0.15) is 29.9 Å². The Morgan fingerprint density at radius 2 is 1.57 bits per heavy atom. The Labute approximate surface area is 280 Å². The number of imidazole rings is 1. The van der Waals surface area contributed by atoms with Crippen molar-refractivity contribution >= 4 is 36.7 Å². The fourth-order valence-corrected chi connectivity index (χ4v) is 7.33. The predicted octanol–water partition coefficient (Wildman–Crippen LogP) is 0.584. The molecule has 1 aliphatic heterocycles. The van der Waals surface area contributed by atoms with Crippen LogP contribution < -0.4 is 21.5 Å². The minimum Gasteiger partial charge on any atom is -0.468 e. The normalized spacial score (nSPS) is 22.1. The summed E-state index contributed by atoms with van der Waals surface area (Å²) in [4.78, 5) is 48.7. The van der Waals surface area contributed by atoms with E-state index in [1.165, 1.54) is 32.0 Å². The largest absolute Gasteiger partial charge is 0.468 e. The third-order valence-corrected chi connectivity index (χ3v) is 9.88. The molecule has 18 heteroatoms. The number of nitrogens with one attached hydrogen (secondary N) is 3. The van der Waals surface area contributed by atoms with E-state index in [-0.39, 0.29) is 30.0 Å². The lowest BCUT2D eigenvalue weighted by atomic mass is 9.96. The van der Waals surface area contributed by atoms with Crippen LogP contribution in [-0.2, 0) is 45.7 Å². The van der Waals surface area contributed by atoms with Crippen LogP contribution >= 0.6 is 7.67 Å². The molecule has 0 unspecified atom stereocenters. The summed E-state index contributed by atoms with van der Waals surface area (Å²) in [6.45, 7) is 0.674. The standard InChI is InChI=1S/C31H38N7O10P/c1-31(43)24(39)22(48-29(31)38-17-33-23-25(38)34-30(32)35-26(23)40)16-47-49(44,36-20(27(41)45-2)14-18-10-6-4-7-11-18)37-21(28(42)46-3)15-19-12-8-5-9-13-19/h4-13,17,20-22,24,29,39,43H,14-16H2,1-3H3,(H2,36,37,44)(H3,32,34,35,40)/t20-,21-,22+,24+,29+,31+/m0/s1. The summed E-state index contributed by atoms with van der Waals surface area (Å²) in [7, 11) is -2.11. The zero-order valence-electron chi connectivity index (χ0n) is 26.9. The summed E-state index contributed by atoms with van der Waals surface area (Å²) in [6, 6.07) is 15.3. The van der Waals surface area contributed by atoms with E-state index in [4.69, 9.17) is 24.5 Å². The first-order valence-corrected chi connectivity index (χ1v) is 16.8. The molecule has 0 spiro atoms. The van der Waals surface area contributed by atoms with Gasteiger partial charge in [-0.3, -0.25) is 28.5 Å². The number of hydrogen-bond donors (Lipinski definition) is 6. The summed E-state index contributed by atoms with van der Waals surface area (Å²) in [6.07, 6.45) is -3.05. The summed E-state index contributed by atoms with van der Waals surface area (Å²) in [5, 5.41) is 28.0. The summed E-state index contributed by atoms with van der Waals surface area (Å²) < 4.78 is 37.8. The second kappa shape index (κ2) is 15.0. The molecule has 49 heavy (non-hydrogen) atoms. The monoisotopic (exact) mass is 699 g/mol. The number of fused-ring (bicyclic) bond motifs is 1. The van der Waals surface area contributed by atoms with Gasteiger partial charge in [0.15, 0.2) is 17.4 Å². The Morgan fingerprint density at radius 1 is 1.04 bits per heavy atom. The van der Waals surface area contributed by atoms with E-state index in [9.17, 15) is 29.2 Å². The van der Waals surface area contributed by atoms with E-state index in [1.807, 2.05) is 0 Å². The van der Waals surface area contributed by atoms with Gasteiger partial charge in [-0.2, -0.15) is 4.98 Å². The van der Waals surface area contributed by atoms with Crippen LogP contribution in [0.2, 0.25) is 0 Å². The third kappa shape index (κ3) is 8.05. The molecule has 7 N–H and O–H groups in total. The number of carbonyl (C=O) groups excluding carboxylic acids is 2. The first-order chi connectivity index (χ1) is 23.3. The van der Waals surface area contributed by atoms with Crippen LogP contribution in [0.3, 0.4) is 0 Å². The molecule has 5 rings (SSSR count). The molecule has 0 radical (unpaired) electrons. The average molecular weight is 700 g/mol. The van der Waals surface area contributed by atoms with Gasteiger partial charge in [0.2, 0.25) is 5.95 Å². The molecule has 262 valence electrons. The Hall–Kier alpha value is -4.48. The van der Waals surface area contributed by atoms with Crippen molar-refractivity contribution in [1.29, 1.82) is 0 Å². The lowest BCUT2D eigenvalue weighted by Gasteiger charge is -2.29. The van der Waals surface area contributed by atoms with E-state index in [2.05, 4.69) is 25.1 Å². The quantitative estimate of drug-likeness (QED) is 0.0779. The van der Waals surface area contributed by atoms with E-state index < -0.39 is 67.9 Å². The Balaban J connectivity index is 1.44. The molecule has 3 heterocycles. The van der Waals surface area contributed by atoms with E-state index in [1.54, 1.807) is 60.7 Å². The number of nitrogens with zero attached hydrogens (tertiary/aromatic N) is 3. The van der Waals surface area contributed by atoms with Crippen molar-refractivity contribution in [3.63, 3.8) is 0 Å². The maximum absolute atomic E-state index is 14.7. The molecular formula is C31H38N7O10P. The fourth-order valence-electron chi connectivity index (χ4n) is 5.54. The number of methoxy groups -OCH3 is 2. The molecular weight excluding hydrogens is 661 g/mol. The molecule has 4 aromatic rings. The van der Waals surface area contributed by atoms with Crippen molar-refractivity contribution in [3.05, 3.63) is 88.5 Å². The number of nitrogens with two attached hydrogens (primary N) is 1. The van der Waals surface area contributed by atoms with Gasteiger partial charge in [0, 0.05) is 0 Å². The number of nitrogen functional groups attached to an aromatic ring is 1. The maximum atomic E-state index is 14.7. The number of hydrogen-bond acceptors (Lipinski definition) is 13. The second-order valence-electron chi connectivity index (χ2n) is 11.6. The Kier molecular flexibility index (Phi) is 10.9. The molecule has 0 aliphatic carbocycles. The van der Waals surface area contributed by atoms with Crippen LogP contribution in [0, 0.1) is 0 Å². The van der Waals surface area contributed by atoms with Crippen molar-refractivity contribution in [1.82, 2.24) is 29.7 Å². The van der Waals surface area contributed by atoms with Crippen LogP contribution in [-0.4, -0.2) is 92.4 Å². The highest BCUT2D eigenvalue weighted by Gasteiger charge is 2.54. The SMILES string of the molecule is COC(=O)[C@H](Cc1ccccc1)NP(=O)(N[C@@H](Cc1ccccc1)C(=O)OC)OC[C@H]1O[C@@H](n2cnc3c(=O)[nH]c(N)nc32)[C@](C)(O)[C@@H]1O. The van der Waals surface area contributed by atoms with Gasteiger partial charge in [-0.25, -0.2) is 15.2 Å². The fraction of sp³-hybridized carbons (Fsp3) is 0.387. The number of H-pyrrole nitrogens is 1. The summed E-state index contributed by atoms with van der Waals surface area (Å²) in [5.41, 5.74) is 4.41. The minimum atomic E-state index is -4.46. The lowest BCUT2D eigenvalue weighted by Crippen LogP contribution is -2.47. The number of carbonyl (C=O) groups is 2. The zero-order chi connectivity index (χ0) is 35.3. The zero-order valence-corrected chi connectivity index (χ0v) is 27.8. The topological polar surface area (TPSA) is 242 Å². The van der Waals surface area contributed by atoms with Gasteiger partial charge in [-0.15, -0.1) is 0 Å². The van der Waals surface area contributed by atoms with Crippen molar-refractivity contribution in [2.75, 3.05) is 26.6 Å². The van der Waals surface area contributed by atoms with Crippen LogP contribution in [0.15, 0.2) is 71.8 Å². The Bertz CT molecular complexity index is 1800. The third-order valence-electron chi connectivity index (χ3n) is 8.07. The molecule has 0 saturated carbocycles. The van der Waals surface area contributed by atoms with Crippen molar-refractivity contribution in [2.45, 2.75) is 55.9 Å². The number of aromatic nitrogens is 4. The maximum Gasteiger partial charge on any atom is 0.342 e. The first-order valence-electron chi connectivity index (χ1n) is 15.2. The molecule has 1 aliphatic rings. The first kappa shape index (κ1) is 35.8. The number of anilines is 1. The van der Waals surface area contributed by atoms with Crippen LogP contribution in [0.25, 0.3) is 11.2 Å². The number of ether oxygens (including phenoxy) is 3. The van der Waals surface area contributed by atoms with E-state index >= 15 is 0 Å². The molecule has 2 aromatic heterocycles. The molecule has 1 fully saturated rings. The van der Waals surface area contributed by atoms with Gasteiger partial charge >= 0.3 is 19.6 Å². The second-order valence-corrected chi connectivity index (χ2v) is 13.5. The highest BCUT2D eigenvalue weighted by Crippen LogP contribution is 2.44. The molecule has 0 bridgehead atoms. The summed E-state index contributed by atoms with van der Waals surface area (Å²) in [5.74, 6) is -1.73. The van der Waals surface area contributed by atoms with E-state index in [0.29, 0.717) is 11.1 Å². The van der Waals surface area contributed by atoms with Crippen LogP contribution in [0.5, 0.6) is 0 Å². The number of aliphatic hydroxyl groups excluding tert-OH is 1. The minimum absolute atomic E-state index is 0.0158. The van der Waals surface area contributed by atoms with Crippen LogP contribution in [0.1, 0.15) is 24.3 Å². The van der Waals surface area contributed by atoms with Crippen molar-refractivity contribution < 1.29 is 43.1 Å². The average Bonchev–Trinajstić information content (AvgIpc) is 3.60. The smallest absolute Gasteiger partial charge is 0.342 e. The van der Waals surface area contributed by atoms with Crippen molar-refractivity contribution in [2.24, 2.45) is 0 Å². The van der Waals surface area contributed by atoms with Gasteiger partial charge < -0.3 is 34.7 Å².